The van der Waals surface area contributed by atoms with Crippen LogP contribution in [0.5, 0.6) is 5.75 Å². The summed E-state index contributed by atoms with van der Waals surface area (Å²) < 4.78 is 34.0. The Morgan fingerprint density at radius 1 is 1.08 bits per heavy atom. The minimum Gasteiger partial charge on any atom is -0.452 e. The number of alkyl halides is 2. The molecule has 8 heteroatoms. The van der Waals surface area contributed by atoms with E-state index in [1.165, 1.54) is 30.3 Å². The van der Waals surface area contributed by atoms with Crippen molar-refractivity contribution in [3.05, 3.63) is 64.6 Å². The van der Waals surface area contributed by atoms with Gasteiger partial charge in [0.2, 0.25) is 0 Å². The van der Waals surface area contributed by atoms with Crippen molar-refractivity contribution in [2.75, 3.05) is 11.9 Å². The summed E-state index contributed by atoms with van der Waals surface area (Å²) in [7, 11) is 0. The van der Waals surface area contributed by atoms with Crippen molar-refractivity contribution in [1.29, 1.82) is 0 Å². The largest absolute Gasteiger partial charge is 0.452 e. The van der Waals surface area contributed by atoms with Gasteiger partial charge >= 0.3 is 12.6 Å². The lowest BCUT2D eigenvalue weighted by atomic mass is 10.2. The summed E-state index contributed by atoms with van der Waals surface area (Å²) in [5.74, 6) is -1.16. The first-order valence-electron chi connectivity index (χ1n) is 7.37. The maximum atomic E-state index is 12.0. The number of hydrogen-bond donors (Lipinski definition) is 1. The van der Waals surface area contributed by atoms with Crippen molar-refractivity contribution in [2.24, 2.45) is 0 Å². The van der Waals surface area contributed by atoms with E-state index in [1.54, 1.807) is 24.3 Å². The lowest BCUT2D eigenvalue weighted by Gasteiger charge is -2.05. The molecule has 0 aliphatic rings. The van der Waals surface area contributed by atoms with Crippen molar-refractivity contribution >= 4 is 39.6 Å². The van der Waals surface area contributed by atoms with E-state index >= 15 is 0 Å². The zero-order valence-electron chi connectivity index (χ0n) is 13.3. The molecule has 5 nitrogen and oxygen atoms in total. The number of anilines is 1. The Bertz CT molecular complexity index is 777. The molecule has 0 aromatic heterocycles. The molecule has 0 bridgehead atoms. The average molecular weight is 426 g/mol. The molecule has 26 heavy (non-hydrogen) atoms. The predicted octanol–water partition coefficient (Wildman–Crippen LogP) is 4.25. The zero-order valence-corrected chi connectivity index (χ0v) is 14.9. The zero-order chi connectivity index (χ0) is 18.9. The van der Waals surface area contributed by atoms with Gasteiger partial charge in [0.15, 0.2) is 6.61 Å². The standard InChI is InChI=1S/C18H14BrF2NO4/c19-13-4-6-14(7-5-13)22-16(23)11-25-17(24)10-3-12-1-8-15(9-2-12)26-18(20)21/h1-10,18H,11H2,(H,22,23). The highest BCUT2D eigenvalue weighted by molar-refractivity contribution is 9.10. The molecule has 2 rings (SSSR count). The van der Waals surface area contributed by atoms with Crippen molar-refractivity contribution in [3.8, 4) is 5.75 Å². The van der Waals surface area contributed by atoms with Crippen LogP contribution in [0.1, 0.15) is 5.56 Å². The molecule has 2 aromatic rings. The number of carbonyl (C=O) groups is 2. The van der Waals surface area contributed by atoms with Crippen molar-refractivity contribution < 1.29 is 27.8 Å². The SMILES string of the molecule is O=C(COC(=O)C=Cc1ccc(OC(F)F)cc1)Nc1ccc(Br)cc1. The normalized spacial score (nSPS) is 10.8. The van der Waals surface area contributed by atoms with Gasteiger partial charge < -0.3 is 14.8 Å². The summed E-state index contributed by atoms with van der Waals surface area (Å²) in [6.45, 7) is -3.32. The van der Waals surface area contributed by atoms with E-state index in [0.29, 0.717) is 11.3 Å². The topological polar surface area (TPSA) is 64.6 Å². The second kappa shape index (κ2) is 9.67. The van der Waals surface area contributed by atoms with E-state index in [0.717, 1.165) is 10.5 Å². The molecular formula is C18H14BrF2NO4. The van der Waals surface area contributed by atoms with E-state index in [2.05, 4.69) is 26.0 Å². The highest BCUT2D eigenvalue weighted by Gasteiger charge is 2.06. The maximum Gasteiger partial charge on any atom is 0.387 e. The Kier molecular flexibility index (Phi) is 7.28. The summed E-state index contributed by atoms with van der Waals surface area (Å²) in [6.07, 6.45) is 2.57. The first-order valence-corrected chi connectivity index (χ1v) is 8.17. The molecule has 0 atom stereocenters. The molecule has 0 saturated heterocycles. The van der Waals surface area contributed by atoms with Gasteiger partial charge in [-0.3, -0.25) is 4.79 Å². The highest BCUT2D eigenvalue weighted by Crippen LogP contribution is 2.16. The summed E-state index contributed by atoms with van der Waals surface area (Å²) in [6, 6.07) is 12.6. The monoisotopic (exact) mass is 425 g/mol. The molecule has 136 valence electrons. The molecule has 0 spiro atoms. The molecule has 1 N–H and O–H groups in total. The van der Waals surface area contributed by atoms with Gasteiger partial charge in [0.25, 0.3) is 5.91 Å². The van der Waals surface area contributed by atoms with Crippen LogP contribution >= 0.6 is 15.9 Å². The quantitative estimate of drug-likeness (QED) is 0.532. The third-order valence-electron chi connectivity index (χ3n) is 2.99. The molecule has 2 aromatic carbocycles. The average Bonchev–Trinajstić information content (AvgIpc) is 2.61. The van der Waals surface area contributed by atoms with Crippen LogP contribution in [0.25, 0.3) is 6.08 Å². The summed E-state index contributed by atoms with van der Waals surface area (Å²) in [4.78, 5) is 23.3. The molecule has 0 saturated carbocycles. The number of amides is 1. The number of ether oxygens (including phenoxy) is 2. The molecule has 0 heterocycles. The van der Waals surface area contributed by atoms with Crippen molar-refractivity contribution in [3.63, 3.8) is 0 Å². The third-order valence-corrected chi connectivity index (χ3v) is 3.52. The Balaban J connectivity index is 1.77. The lowest BCUT2D eigenvalue weighted by molar-refractivity contribution is -0.142. The number of nitrogens with one attached hydrogen (secondary N) is 1. The van der Waals surface area contributed by atoms with Gasteiger partial charge in [0.1, 0.15) is 5.75 Å². The van der Waals surface area contributed by atoms with Crippen molar-refractivity contribution in [2.45, 2.75) is 6.61 Å². The van der Waals surface area contributed by atoms with E-state index in [9.17, 15) is 18.4 Å². The number of esters is 1. The number of rotatable bonds is 7. The van der Waals surface area contributed by atoms with Crippen LogP contribution in [0, 0.1) is 0 Å². The third kappa shape index (κ3) is 7.02. The molecule has 0 unspecified atom stereocenters. The van der Waals surface area contributed by atoms with Gasteiger partial charge in [-0.25, -0.2) is 4.79 Å². The van der Waals surface area contributed by atoms with Crippen LogP contribution in [-0.2, 0) is 14.3 Å². The van der Waals surface area contributed by atoms with Gasteiger partial charge in [-0.2, -0.15) is 8.78 Å². The fraction of sp³-hybridized carbons (Fsp3) is 0.111. The highest BCUT2D eigenvalue weighted by atomic mass is 79.9. The van der Waals surface area contributed by atoms with Crippen LogP contribution in [-0.4, -0.2) is 25.1 Å². The number of halogens is 3. The molecule has 0 radical (unpaired) electrons. The van der Waals surface area contributed by atoms with E-state index in [1.807, 2.05) is 0 Å². The van der Waals surface area contributed by atoms with E-state index in [4.69, 9.17) is 4.74 Å². The van der Waals surface area contributed by atoms with Crippen LogP contribution in [0.15, 0.2) is 59.1 Å². The summed E-state index contributed by atoms with van der Waals surface area (Å²) in [5.41, 5.74) is 1.17. The van der Waals surface area contributed by atoms with Gasteiger partial charge in [-0.1, -0.05) is 28.1 Å². The van der Waals surface area contributed by atoms with E-state index in [-0.39, 0.29) is 5.75 Å². The van der Waals surface area contributed by atoms with Gasteiger partial charge in [0.05, 0.1) is 0 Å². The summed E-state index contributed by atoms with van der Waals surface area (Å²) >= 11 is 3.28. The fourth-order valence-electron chi connectivity index (χ4n) is 1.84. The van der Waals surface area contributed by atoms with Crippen LogP contribution in [0.4, 0.5) is 14.5 Å². The Morgan fingerprint density at radius 3 is 2.35 bits per heavy atom. The minimum atomic E-state index is -2.89. The summed E-state index contributed by atoms with van der Waals surface area (Å²) in [5, 5.41) is 2.58. The maximum absolute atomic E-state index is 12.0. The van der Waals surface area contributed by atoms with Gasteiger partial charge in [-0.05, 0) is 48.0 Å². The number of benzene rings is 2. The molecule has 0 aliphatic heterocycles. The number of hydrogen-bond acceptors (Lipinski definition) is 4. The van der Waals surface area contributed by atoms with E-state index < -0.39 is 25.1 Å². The molecule has 0 aliphatic carbocycles. The molecule has 0 fully saturated rings. The van der Waals surface area contributed by atoms with Crippen molar-refractivity contribution in [1.82, 2.24) is 0 Å². The first kappa shape index (κ1) is 19.6. The minimum absolute atomic E-state index is 0.0179. The Morgan fingerprint density at radius 2 is 1.73 bits per heavy atom. The van der Waals surface area contributed by atoms with Gasteiger partial charge in [0, 0.05) is 16.2 Å². The smallest absolute Gasteiger partial charge is 0.387 e. The van der Waals surface area contributed by atoms with Gasteiger partial charge in [-0.15, -0.1) is 0 Å². The molecule has 1 amide bonds. The fourth-order valence-corrected chi connectivity index (χ4v) is 2.10. The lowest BCUT2D eigenvalue weighted by Crippen LogP contribution is -2.20. The van der Waals surface area contributed by atoms with Crippen LogP contribution in [0.2, 0.25) is 0 Å². The Labute approximate surface area is 156 Å². The van der Waals surface area contributed by atoms with Crippen LogP contribution < -0.4 is 10.1 Å². The van der Waals surface area contributed by atoms with Crippen LogP contribution in [0.3, 0.4) is 0 Å². The number of carbonyl (C=O) groups excluding carboxylic acids is 2. The molecular weight excluding hydrogens is 412 g/mol. The second-order valence-corrected chi connectivity index (χ2v) is 5.86. The second-order valence-electron chi connectivity index (χ2n) is 4.94. The Hall–Kier alpha value is -2.74. The predicted molar refractivity (Wildman–Crippen MR) is 95.8 cm³/mol. The first-order chi connectivity index (χ1) is 12.4.